The summed E-state index contributed by atoms with van der Waals surface area (Å²) in [5.74, 6) is 0.780. The number of rotatable bonds is 2. The summed E-state index contributed by atoms with van der Waals surface area (Å²) < 4.78 is 0. The molecule has 1 aliphatic carbocycles. The van der Waals surface area contributed by atoms with Crippen molar-refractivity contribution in [2.75, 3.05) is 0 Å². The van der Waals surface area contributed by atoms with Crippen molar-refractivity contribution >= 4 is 10.9 Å². The largest absolute Gasteiger partial charge is 0.228 e. The molecule has 0 radical (unpaired) electrons. The van der Waals surface area contributed by atoms with Crippen LogP contribution in [0.3, 0.4) is 0 Å². The van der Waals surface area contributed by atoms with Crippen LogP contribution in [0.15, 0.2) is 97.1 Å². The predicted octanol–water partition coefficient (Wildman–Crippen LogP) is 7.27. The second-order valence-corrected chi connectivity index (χ2v) is 8.68. The summed E-state index contributed by atoms with van der Waals surface area (Å²) in [4.78, 5) is 10.1. The van der Waals surface area contributed by atoms with Gasteiger partial charge in [-0.3, -0.25) is 0 Å². The quantitative estimate of drug-likeness (QED) is 0.312. The van der Waals surface area contributed by atoms with E-state index in [0.29, 0.717) is 0 Å². The van der Waals surface area contributed by atoms with Crippen LogP contribution in [0.5, 0.6) is 0 Å². The average molecular weight is 399 g/mol. The molecule has 2 nitrogen and oxygen atoms in total. The lowest BCUT2D eigenvalue weighted by molar-refractivity contribution is 0.660. The molecule has 2 heteroatoms. The first-order valence-corrected chi connectivity index (χ1v) is 10.7. The molecule has 0 saturated heterocycles. The van der Waals surface area contributed by atoms with E-state index in [4.69, 9.17) is 9.97 Å². The molecule has 0 bridgehead atoms. The van der Waals surface area contributed by atoms with Crippen molar-refractivity contribution in [2.24, 2.45) is 0 Å². The summed E-state index contributed by atoms with van der Waals surface area (Å²) in [7, 11) is 0. The molecular formula is C29H22N2. The Morgan fingerprint density at radius 3 is 2.13 bits per heavy atom. The van der Waals surface area contributed by atoms with Crippen molar-refractivity contribution in [3.05, 3.63) is 108 Å². The van der Waals surface area contributed by atoms with Crippen molar-refractivity contribution in [1.29, 1.82) is 0 Å². The Bertz CT molecular complexity index is 1450. The molecule has 0 N–H and O–H groups in total. The first-order valence-electron chi connectivity index (χ1n) is 10.7. The van der Waals surface area contributed by atoms with E-state index in [-0.39, 0.29) is 5.41 Å². The fourth-order valence-corrected chi connectivity index (χ4v) is 4.95. The summed E-state index contributed by atoms with van der Waals surface area (Å²) in [5.41, 5.74) is 9.35. The zero-order valence-electron chi connectivity index (χ0n) is 17.6. The van der Waals surface area contributed by atoms with E-state index in [9.17, 15) is 0 Å². The second kappa shape index (κ2) is 6.61. The number of hydrogen-bond acceptors (Lipinski definition) is 2. The second-order valence-electron chi connectivity index (χ2n) is 8.68. The molecule has 1 aliphatic rings. The van der Waals surface area contributed by atoms with Crippen molar-refractivity contribution in [1.82, 2.24) is 9.97 Å². The molecule has 0 atom stereocenters. The number of fused-ring (bicyclic) bond motifs is 4. The van der Waals surface area contributed by atoms with Crippen molar-refractivity contribution < 1.29 is 0 Å². The van der Waals surface area contributed by atoms with Crippen LogP contribution in [0.1, 0.15) is 25.0 Å². The molecule has 1 heterocycles. The van der Waals surface area contributed by atoms with Crippen LogP contribution in [0.4, 0.5) is 0 Å². The van der Waals surface area contributed by atoms with E-state index in [1.165, 1.54) is 22.3 Å². The van der Waals surface area contributed by atoms with Crippen molar-refractivity contribution in [2.45, 2.75) is 19.3 Å². The Hall–Kier alpha value is -3.78. The lowest BCUT2D eigenvalue weighted by Gasteiger charge is -2.21. The molecule has 148 valence electrons. The Kier molecular flexibility index (Phi) is 3.85. The SMILES string of the molecule is CC1(C)c2ccccc2-c2c(-c3nc(-c4ccccc4)c4ccccc4n3)cccc21. The molecule has 1 aromatic heterocycles. The Morgan fingerprint density at radius 1 is 0.581 bits per heavy atom. The van der Waals surface area contributed by atoms with E-state index >= 15 is 0 Å². The number of benzene rings is 4. The van der Waals surface area contributed by atoms with Crippen LogP contribution in [-0.2, 0) is 5.41 Å². The Labute approximate surface area is 182 Å². The van der Waals surface area contributed by atoms with Crippen LogP contribution in [0, 0.1) is 0 Å². The highest BCUT2D eigenvalue weighted by Crippen LogP contribution is 2.51. The van der Waals surface area contributed by atoms with E-state index in [2.05, 4.69) is 98.8 Å². The molecule has 4 aromatic carbocycles. The van der Waals surface area contributed by atoms with E-state index < -0.39 is 0 Å². The number of hydrogen-bond donors (Lipinski definition) is 0. The summed E-state index contributed by atoms with van der Waals surface area (Å²) >= 11 is 0. The monoisotopic (exact) mass is 398 g/mol. The Balaban J connectivity index is 1.67. The number of para-hydroxylation sites is 1. The maximum absolute atomic E-state index is 5.13. The highest BCUT2D eigenvalue weighted by atomic mass is 14.9. The van der Waals surface area contributed by atoms with Gasteiger partial charge in [0.05, 0.1) is 11.2 Å². The average Bonchev–Trinajstić information content (AvgIpc) is 3.06. The lowest BCUT2D eigenvalue weighted by atomic mass is 9.82. The van der Waals surface area contributed by atoms with Gasteiger partial charge in [-0.25, -0.2) is 9.97 Å². The highest BCUT2D eigenvalue weighted by Gasteiger charge is 2.36. The molecule has 0 aliphatic heterocycles. The molecule has 0 saturated carbocycles. The molecule has 6 rings (SSSR count). The van der Waals surface area contributed by atoms with Crippen molar-refractivity contribution in [3.8, 4) is 33.8 Å². The van der Waals surface area contributed by atoms with E-state index in [1.54, 1.807) is 0 Å². The molecule has 0 amide bonds. The summed E-state index contributed by atoms with van der Waals surface area (Å²) in [6, 6.07) is 34.0. The van der Waals surface area contributed by atoms with Crippen LogP contribution in [-0.4, -0.2) is 9.97 Å². The van der Waals surface area contributed by atoms with Gasteiger partial charge in [0, 0.05) is 21.9 Å². The minimum absolute atomic E-state index is 0.0406. The third kappa shape index (κ3) is 2.65. The molecule has 0 fully saturated rings. The molecule has 31 heavy (non-hydrogen) atoms. The smallest absolute Gasteiger partial charge is 0.161 e. The van der Waals surface area contributed by atoms with Crippen LogP contribution >= 0.6 is 0 Å². The molecule has 0 spiro atoms. The fourth-order valence-electron chi connectivity index (χ4n) is 4.95. The first-order chi connectivity index (χ1) is 15.1. The van der Waals surface area contributed by atoms with Crippen LogP contribution in [0.25, 0.3) is 44.7 Å². The minimum Gasteiger partial charge on any atom is -0.228 e. The van der Waals surface area contributed by atoms with Gasteiger partial charge < -0.3 is 0 Å². The van der Waals surface area contributed by atoms with Gasteiger partial charge in [0.2, 0.25) is 0 Å². The van der Waals surface area contributed by atoms with Crippen molar-refractivity contribution in [3.63, 3.8) is 0 Å². The third-order valence-electron chi connectivity index (χ3n) is 6.50. The summed E-state index contributed by atoms with van der Waals surface area (Å²) in [6.07, 6.45) is 0. The maximum atomic E-state index is 5.13. The van der Waals surface area contributed by atoms with Crippen LogP contribution in [0.2, 0.25) is 0 Å². The highest BCUT2D eigenvalue weighted by molar-refractivity contribution is 5.96. The predicted molar refractivity (Wildman–Crippen MR) is 128 cm³/mol. The van der Waals surface area contributed by atoms with Gasteiger partial charge in [-0.1, -0.05) is 105 Å². The van der Waals surface area contributed by atoms with Gasteiger partial charge in [-0.15, -0.1) is 0 Å². The van der Waals surface area contributed by atoms with Gasteiger partial charge in [-0.05, 0) is 28.3 Å². The normalized spacial score (nSPS) is 13.7. The van der Waals surface area contributed by atoms with Gasteiger partial charge >= 0.3 is 0 Å². The Morgan fingerprint density at radius 2 is 1.26 bits per heavy atom. The summed E-state index contributed by atoms with van der Waals surface area (Å²) in [5, 5.41) is 1.07. The van der Waals surface area contributed by atoms with Gasteiger partial charge in [0.15, 0.2) is 5.82 Å². The molecule has 5 aromatic rings. The number of aromatic nitrogens is 2. The zero-order chi connectivity index (χ0) is 21.0. The third-order valence-corrected chi connectivity index (χ3v) is 6.50. The van der Waals surface area contributed by atoms with E-state index in [0.717, 1.165) is 33.5 Å². The van der Waals surface area contributed by atoms with Crippen LogP contribution < -0.4 is 0 Å². The summed E-state index contributed by atoms with van der Waals surface area (Å²) in [6.45, 7) is 4.61. The molecule has 0 unspecified atom stereocenters. The van der Waals surface area contributed by atoms with E-state index in [1.807, 2.05) is 12.1 Å². The first kappa shape index (κ1) is 18.0. The van der Waals surface area contributed by atoms with Gasteiger partial charge in [-0.2, -0.15) is 0 Å². The minimum atomic E-state index is -0.0406. The molecular weight excluding hydrogens is 376 g/mol. The lowest BCUT2D eigenvalue weighted by Crippen LogP contribution is -2.14. The topological polar surface area (TPSA) is 25.8 Å². The standard InChI is InChI=1S/C29H22N2/c1-29(2)23-16-8-6-13-20(23)26-22(15-10-17-24(26)29)28-30-25-18-9-7-14-21(25)27(31-28)19-11-4-3-5-12-19/h3-18H,1-2H3. The van der Waals surface area contributed by atoms with Gasteiger partial charge in [0.1, 0.15) is 0 Å². The fraction of sp³-hybridized carbons (Fsp3) is 0.103. The van der Waals surface area contributed by atoms with Gasteiger partial charge in [0.25, 0.3) is 0 Å². The maximum Gasteiger partial charge on any atom is 0.161 e. The number of nitrogens with zero attached hydrogens (tertiary/aromatic N) is 2. The zero-order valence-corrected chi connectivity index (χ0v) is 17.6.